The molecule has 2 rings (SSSR count). The molecule has 0 saturated carbocycles. The number of aryl methyl sites for hydroxylation is 1. The summed E-state index contributed by atoms with van der Waals surface area (Å²) < 4.78 is 1.78. The molecule has 0 aliphatic carbocycles. The summed E-state index contributed by atoms with van der Waals surface area (Å²) in [5.41, 5.74) is 4.54. The maximum atomic E-state index is 5.26. The minimum atomic E-state index is 0.621. The van der Waals surface area contributed by atoms with Crippen LogP contribution < -0.4 is 11.3 Å². The van der Waals surface area contributed by atoms with Crippen LogP contribution in [-0.2, 0) is 0 Å². The Balaban J connectivity index is 2.41. The largest absolute Gasteiger partial charge is 0.308 e. The van der Waals surface area contributed by atoms with Crippen molar-refractivity contribution in [3.05, 3.63) is 36.3 Å². The molecule has 0 aliphatic rings. The van der Waals surface area contributed by atoms with Crippen LogP contribution in [0.15, 0.2) is 30.7 Å². The summed E-state index contributed by atoms with van der Waals surface area (Å²) in [7, 11) is 0. The lowest BCUT2D eigenvalue weighted by Crippen LogP contribution is -2.09. The van der Waals surface area contributed by atoms with Crippen molar-refractivity contribution in [2.24, 2.45) is 5.84 Å². The molecule has 14 heavy (non-hydrogen) atoms. The fourth-order valence-electron chi connectivity index (χ4n) is 1.19. The second-order valence-corrected chi connectivity index (χ2v) is 3.01. The van der Waals surface area contributed by atoms with Crippen LogP contribution in [0, 0.1) is 6.92 Å². The van der Waals surface area contributed by atoms with E-state index in [1.54, 1.807) is 17.1 Å². The lowest BCUT2D eigenvalue weighted by atomic mass is 10.4. The number of nitrogens with two attached hydrogens (primary N) is 1. The van der Waals surface area contributed by atoms with Crippen molar-refractivity contribution in [2.45, 2.75) is 6.92 Å². The Morgan fingerprint density at radius 3 is 3.00 bits per heavy atom. The Labute approximate surface area is 81.5 Å². The smallest absolute Gasteiger partial charge is 0.142 e. The Morgan fingerprint density at radius 1 is 1.50 bits per heavy atom. The van der Waals surface area contributed by atoms with Gasteiger partial charge in [0.05, 0.1) is 11.9 Å². The number of rotatable bonds is 2. The van der Waals surface area contributed by atoms with Crippen molar-refractivity contribution in [1.82, 2.24) is 14.8 Å². The lowest BCUT2D eigenvalue weighted by Gasteiger charge is -2.03. The summed E-state index contributed by atoms with van der Waals surface area (Å²) in [5.74, 6) is 5.88. The highest BCUT2D eigenvalue weighted by molar-refractivity contribution is 5.43. The highest BCUT2D eigenvalue weighted by Crippen LogP contribution is 2.10. The number of nitrogens with one attached hydrogen (secondary N) is 1. The quantitative estimate of drug-likeness (QED) is 0.543. The number of pyridine rings is 1. The second-order valence-electron chi connectivity index (χ2n) is 3.01. The van der Waals surface area contributed by atoms with Gasteiger partial charge in [-0.15, -0.1) is 0 Å². The predicted molar refractivity (Wildman–Crippen MR) is 53.9 cm³/mol. The van der Waals surface area contributed by atoms with E-state index in [0.29, 0.717) is 5.82 Å². The molecule has 0 fully saturated rings. The number of nitrogen functional groups attached to an aromatic ring is 1. The number of anilines is 1. The topological polar surface area (TPSA) is 68.8 Å². The summed E-state index contributed by atoms with van der Waals surface area (Å²) >= 11 is 0. The number of nitrogens with zero attached hydrogens (tertiary/aromatic N) is 3. The molecule has 5 nitrogen and oxygen atoms in total. The number of hydrogen-bond acceptors (Lipinski definition) is 4. The van der Waals surface area contributed by atoms with Crippen LogP contribution in [0.2, 0.25) is 0 Å². The molecule has 3 N–H and O–H groups in total. The standard InChI is InChI=1S/C9H11N5/c1-7-5-12-14(6-7)8-2-3-11-9(4-8)13-10/h2-6H,10H2,1H3,(H,11,13). The van der Waals surface area contributed by atoms with E-state index in [2.05, 4.69) is 15.5 Å². The van der Waals surface area contributed by atoms with Crippen LogP contribution in [0.25, 0.3) is 5.69 Å². The summed E-state index contributed by atoms with van der Waals surface area (Å²) in [5, 5.41) is 4.18. The lowest BCUT2D eigenvalue weighted by molar-refractivity contribution is 0.877. The Hall–Kier alpha value is -1.88. The van der Waals surface area contributed by atoms with Crippen LogP contribution in [0.4, 0.5) is 5.82 Å². The molecule has 2 heterocycles. The minimum absolute atomic E-state index is 0.621. The fourth-order valence-corrected chi connectivity index (χ4v) is 1.19. The third kappa shape index (κ3) is 1.57. The second kappa shape index (κ2) is 3.47. The molecular formula is C9H11N5. The average Bonchev–Trinajstić information content (AvgIpc) is 2.65. The number of hydrazine groups is 1. The van der Waals surface area contributed by atoms with Crippen LogP contribution in [0.1, 0.15) is 5.56 Å². The number of aromatic nitrogens is 3. The fraction of sp³-hybridized carbons (Fsp3) is 0.111. The Morgan fingerprint density at radius 2 is 2.36 bits per heavy atom. The maximum absolute atomic E-state index is 5.26. The van der Waals surface area contributed by atoms with Crippen LogP contribution in [0.3, 0.4) is 0 Å². The van der Waals surface area contributed by atoms with E-state index < -0.39 is 0 Å². The van der Waals surface area contributed by atoms with Crippen molar-refractivity contribution < 1.29 is 0 Å². The first kappa shape index (κ1) is 8.71. The average molecular weight is 189 g/mol. The van der Waals surface area contributed by atoms with Crippen LogP contribution >= 0.6 is 0 Å². The van der Waals surface area contributed by atoms with Gasteiger partial charge in [-0.1, -0.05) is 0 Å². The van der Waals surface area contributed by atoms with Gasteiger partial charge >= 0.3 is 0 Å². The molecule has 2 aromatic rings. The molecule has 0 atom stereocenters. The molecule has 5 heteroatoms. The van der Waals surface area contributed by atoms with Gasteiger partial charge in [-0.3, -0.25) is 0 Å². The van der Waals surface area contributed by atoms with Crippen LogP contribution in [0.5, 0.6) is 0 Å². The summed E-state index contributed by atoms with van der Waals surface area (Å²) in [6.07, 6.45) is 5.42. The Kier molecular flexibility index (Phi) is 2.16. The molecule has 0 aliphatic heterocycles. The van der Waals surface area contributed by atoms with E-state index in [1.165, 1.54) is 0 Å². The van der Waals surface area contributed by atoms with E-state index in [1.807, 2.05) is 25.3 Å². The van der Waals surface area contributed by atoms with E-state index in [0.717, 1.165) is 11.3 Å². The molecule has 2 aromatic heterocycles. The third-order valence-corrected chi connectivity index (χ3v) is 1.87. The molecular weight excluding hydrogens is 178 g/mol. The zero-order chi connectivity index (χ0) is 9.97. The van der Waals surface area contributed by atoms with Gasteiger partial charge in [0.1, 0.15) is 5.82 Å². The normalized spacial score (nSPS) is 10.1. The first-order chi connectivity index (χ1) is 6.79. The molecule has 0 unspecified atom stereocenters. The zero-order valence-corrected chi connectivity index (χ0v) is 7.81. The van der Waals surface area contributed by atoms with Gasteiger partial charge in [-0.2, -0.15) is 5.10 Å². The van der Waals surface area contributed by atoms with Crippen molar-refractivity contribution >= 4 is 5.82 Å². The molecule has 0 radical (unpaired) electrons. The first-order valence-corrected chi connectivity index (χ1v) is 4.24. The highest BCUT2D eigenvalue weighted by atomic mass is 15.3. The SMILES string of the molecule is Cc1cnn(-c2ccnc(NN)c2)c1. The highest BCUT2D eigenvalue weighted by Gasteiger charge is 1.99. The molecule has 0 amide bonds. The van der Waals surface area contributed by atoms with Crippen molar-refractivity contribution in [1.29, 1.82) is 0 Å². The number of hydrogen-bond donors (Lipinski definition) is 2. The Bertz CT molecular complexity index is 434. The van der Waals surface area contributed by atoms with Gasteiger partial charge in [0.2, 0.25) is 0 Å². The minimum Gasteiger partial charge on any atom is -0.308 e. The first-order valence-electron chi connectivity index (χ1n) is 4.24. The van der Waals surface area contributed by atoms with Crippen LogP contribution in [-0.4, -0.2) is 14.8 Å². The van der Waals surface area contributed by atoms with Gasteiger partial charge in [0, 0.05) is 18.5 Å². The zero-order valence-electron chi connectivity index (χ0n) is 7.81. The summed E-state index contributed by atoms with van der Waals surface area (Å²) in [6.45, 7) is 1.99. The summed E-state index contributed by atoms with van der Waals surface area (Å²) in [4.78, 5) is 4.01. The van der Waals surface area contributed by atoms with Gasteiger partial charge in [0.25, 0.3) is 0 Å². The van der Waals surface area contributed by atoms with E-state index >= 15 is 0 Å². The molecule has 0 spiro atoms. The monoisotopic (exact) mass is 189 g/mol. The van der Waals surface area contributed by atoms with Gasteiger partial charge < -0.3 is 5.43 Å². The predicted octanol–water partition coefficient (Wildman–Crippen LogP) is 0.861. The van der Waals surface area contributed by atoms with Crippen molar-refractivity contribution in [2.75, 3.05) is 5.43 Å². The van der Waals surface area contributed by atoms with Gasteiger partial charge in [-0.25, -0.2) is 15.5 Å². The molecule has 72 valence electrons. The maximum Gasteiger partial charge on any atom is 0.142 e. The van der Waals surface area contributed by atoms with Gasteiger partial charge in [0.15, 0.2) is 0 Å². The van der Waals surface area contributed by atoms with Crippen molar-refractivity contribution in [3.63, 3.8) is 0 Å². The summed E-state index contributed by atoms with van der Waals surface area (Å²) in [6, 6.07) is 3.69. The van der Waals surface area contributed by atoms with E-state index in [9.17, 15) is 0 Å². The third-order valence-electron chi connectivity index (χ3n) is 1.87. The molecule has 0 bridgehead atoms. The molecule has 0 aromatic carbocycles. The van der Waals surface area contributed by atoms with Crippen molar-refractivity contribution in [3.8, 4) is 5.69 Å². The molecule has 0 saturated heterocycles. The van der Waals surface area contributed by atoms with E-state index in [-0.39, 0.29) is 0 Å². The van der Waals surface area contributed by atoms with Gasteiger partial charge in [-0.05, 0) is 18.6 Å². The van der Waals surface area contributed by atoms with E-state index in [4.69, 9.17) is 5.84 Å².